The standard InChI is InChI=1S/C17H16N4O4S/c22-26(23,21-9-11-24-12-10-21)14-6-4-13(5-7-14)16-19-17(25-20-16)15-3-1-2-8-18-15/h1-8H,9-12H2. The predicted octanol–water partition coefficient (Wildman–Crippen LogP) is 1.82. The molecule has 0 radical (unpaired) electrons. The lowest BCUT2D eigenvalue weighted by Crippen LogP contribution is -2.40. The zero-order valence-corrected chi connectivity index (χ0v) is 14.6. The summed E-state index contributed by atoms with van der Waals surface area (Å²) in [5.74, 6) is 0.687. The molecule has 3 aromatic rings. The molecule has 26 heavy (non-hydrogen) atoms. The molecule has 0 amide bonds. The molecular formula is C17H16N4O4S. The van der Waals surface area contributed by atoms with Crippen molar-refractivity contribution in [2.75, 3.05) is 26.3 Å². The van der Waals surface area contributed by atoms with E-state index in [0.29, 0.717) is 49.3 Å². The second kappa shape index (κ2) is 6.94. The molecule has 134 valence electrons. The Kier molecular flexibility index (Phi) is 4.49. The highest BCUT2D eigenvalue weighted by atomic mass is 32.2. The molecule has 3 heterocycles. The fourth-order valence-electron chi connectivity index (χ4n) is 2.65. The molecule has 1 aromatic carbocycles. The van der Waals surface area contributed by atoms with Crippen molar-refractivity contribution in [1.29, 1.82) is 0 Å². The fraction of sp³-hybridized carbons (Fsp3) is 0.235. The number of hydrogen-bond donors (Lipinski definition) is 0. The van der Waals surface area contributed by atoms with Gasteiger partial charge in [0.2, 0.25) is 15.8 Å². The van der Waals surface area contributed by atoms with Gasteiger partial charge in [-0.1, -0.05) is 11.2 Å². The first-order valence-corrected chi connectivity index (χ1v) is 9.52. The van der Waals surface area contributed by atoms with E-state index >= 15 is 0 Å². The van der Waals surface area contributed by atoms with Crippen LogP contribution in [-0.4, -0.2) is 54.2 Å². The van der Waals surface area contributed by atoms with E-state index in [1.165, 1.54) is 4.31 Å². The zero-order chi connectivity index (χ0) is 18.0. The molecule has 1 fully saturated rings. The third-order valence-electron chi connectivity index (χ3n) is 4.03. The quantitative estimate of drug-likeness (QED) is 0.689. The smallest absolute Gasteiger partial charge is 0.276 e. The van der Waals surface area contributed by atoms with Crippen LogP contribution >= 0.6 is 0 Å². The van der Waals surface area contributed by atoms with Crippen LogP contribution in [0.5, 0.6) is 0 Å². The lowest BCUT2D eigenvalue weighted by atomic mass is 10.2. The van der Waals surface area contributed by atoms with Crippen molar-refractivity contribution in [3.8, 4) is 23.0 Å². The number of sulfonamides is 1. The summed E-state index contributed by atoms with van der Waals surface area (Å²) in [5.41, 5.74) is 1.25. The van der Waals surface area contributed by atoms with Crippen molar-refractivity contribution in [1.82, 2.24) is 19.4 Å². The van der Waals surface area contributed by atoms with Gasteiger partial charge in [-0.05, 0) is 36.4 Å². The Balaban J connectivity index is 1.57. The summed E-state index contributed by atoms with van der Waals surface area (Å²) in [6.07, 6.45) is 1.64. The van der Waals surface area contributed by atoms with E-state index in [1.54, 1.807) is 42.6 Å². The predicted molar refractivity (Wildman–Crippen MR) is 92.5 cm³/mol. The molecule has 8 nitrogen and oxygen atoms in total. The number of morpholine rings is 1. The number of ether oxygens (including phenoxy) is 1. The Labute approximate surface area is 150 Å². The zero-order valence-electron chi connectivity index (χ0n) is 13.8. The molecule has 0 bridgehead atoms. The Morgan fingerprint density at radius 3 is 2.46 bits per heavy atom. The first-order valence-electron chi connectivity index (χ1n) is 8.08. The molecule has 1 saturated heterocycles. The Morgan fingerprint density at radius 2 is 1.77 bits per heavy atom. The Morgan fingerprint density at radius 1 is 1.00 bits per heavy atom. The minimum absolute atomic E-state index is 0.233. The number of nitrogens with zero attached hydrogens (tertiary/aromatic N) is 4. The Hall–Kier alpha value is -2.62. The highest BCUT2D eigenvalue weighted by molar-refractivity contribution is 7.89. The van der Waals surface area contributed by atoms with Gasteiger partial charge in [0.15, 0.2) is 0 Å². The van der Waals surface area contributed by atoms with Gasteiger partial charge >= 0.3 is 0 Å². The number of rotatable bonds is 4. The van der Waals surface area contributed by atoms with Crippen LogP contribution in [0, 0.1) is 0 Å². The molecule has 4 rings (SSSR count). The maximum atomic E-state index is 12.6. The molecule has 0 atom stereocenters. The van der Waals surface area contributed by atoms with Crippen molar-refractivity contribution in [3.05, 3.63) is 48.7 Å². The van der Waals surface area contributed by atoms with E-state index in [-0.39, 0.29) is 4.90 Å². The van der Waals surface area contributed by atoms with Gasteiger partial charge in [-0.15, -0.1) is 0 Å². The van der Waals surface area contributed by atoms with Crippen LogP contribution in [0.3, 0.4) is 0 Å². The third-order valence-corrected chi connectivity index (χ3v) is 5.94. The normalized spacial score (nSPS) is 15.8. The van der Waals surface area contributed by atoms with Crippen molar-refractivity contribution >= 4 is 10.0 Å². The van der Waals surface area contributed by atoms with Crippen molar-refractivity contribution in [2.24, 2.45) is 0 Å². The maximum absolute atomic E-state index is 12.6. The minimum atomic E-state index is -3.52. The van der Waals surface area contributed by atoms with Crippen LogP contribution in [0.2, 0.25) is 0 Å². The number of aromatic nitrogens is 3. The second-order valence-electron chi connectivity index (χ2n) is 5.68. The Bertz CT molecular complexity index is 981. The molecule has 1 aliphatic heterocycles. The van der Waals surface area contributed by atoms with Crippen LogP contribution < -0.4 is 0 Å². The summed E-state index contributed by atoms with van der Waals surface area (Å²) in [4.78, 5) is 8.71. The summed E-state index contributed by atoms with van der Waals surface area (Å²) in [6, 6.07) is 11.8. The van der Waals surface area contributed by atoms with Gasteiger partial charge in [0.05, 0.1) is 18.1 Å². The molecule has 0 aliphatic carbocycles. The molecule has 0 N–H and O–H groups in total. The summed E-state index contributed by atoms with van der Waals surface area (Å²) in [5, 5.41) is 3.94. The van der Waals surface area contributed by atoms with Gasteiger partial charge < -0.3 is 9.26 Å². The van der Waals surface area contributed by atoms with Crippen molar-refractivity contribution < 1.29 is 17.7 Å². The second-order valence-corrected chi connectivity index (χ2v) is 7.62. The van der Waals surface area contributed by atoms with E-state index in [2.05, 4.69) is 15.1 Å². The molecular weight excluding hydrogens is 356 g/mol. The summed E-state index contributed by atoms with van der Waals surface area (Å²) in [7, 11) is -3.52. The van der Waals surface area contributed by atoms with Gasteiger partial charge in [0.1, 0.15) is 5.69 Å². The number of pyridine rings is 1. The average molecular weight is 372 g/mol. The largest absolute Gasteiger partial charge is 0.379 e. The van der Waals surface area contributed by atoms with Gasteiger partial charge in [0.25, 0.3) is 5.89 Å². The van der Waals surface area contributed by atoms with E-state index < -0.39 is 10.0 Å². The SMILES string of the molecule is O=S(=O)(c1ccc(-c2noc(-c3ccccn3)n2)cc1)N1CCOCC1. The average Bonchev–Trinajstić information content (AvgIpc) is 3.20. The molecule has 0 unspecified atom stereocenters. The summed E-state index contributed by atoms with van der Waals surface area (Å²) >= 11 is 0. The lowest BCUT2D eigenvalue weighted by molar-refractivity contribution is 0.0730. The van der Waals surface area contributed by atoms with E-state index in [0.717, 1.165) is 0 Å². The summed E-state index contributed by atoms with van der Waals surface area (Å²) in [6.45, 7) is 1.55. The minimum Gasteiger partial charge on any atom is -0.379 e. The van der Waals surface area contributed by atoms with E-state index in [4.69, 9.17) is 9.26 Å². The van der Waals surface area contributed by atoms with Crippen LogP contribution in [0.25, 0.3) is 23.0 Å². The maximum Gasteiger partial charge on any atom is 0.276 e. The third kappa shape index (κ3) is 3.24. The topological polar surface area (TPSA) is 98.4 Å². The number of hydrogen-bond acceptors (Lipinski definition) is 7. The monoisotopic (exact) mass is 372 g/mol. The van der Waals surface area contributed by atoms with Crippen LogP contribution in [-0.2, 0) is 14.8 Å². The molecule has 1 aliphatic rings. The molecule has 9 heteroatoms. The van der Waals surface area contributed by atoms with E-state index in [9.17, 15) is 8.42 Å². The first-order chi connectivity index (χ1) is 12.6. The van der Waals surface area contributed by atoms with Crippen LogP contribution in [0.4, 0.5) is 0 Å². The van der Waals surface area contributed by atoms with Gasteiger partial charge in [-0.25, -0.2) is 8.42 Å². The highest BCUT2D eigenvalue weighted by Crippen LogP contribution is 2.23. The van der Waals surface area contributed by atoms with Crippen LogP contribution in [0.1, 0.15) is 0 Å². The van der Waals surface area contributed by atoms with Gasteiger partial charge in [-0.2, -0.15) is 9.29 Å². The highest BCUT2D eigenvalue weighted by Gasteiger charge is 2.26. The molecule has 0 saturated carbocycles. The molecule has 2 aromatic heterocycles. The van der Waals surface area contributed by atoms with Gasteiger partial charge in [-0.3, -0.25) is 4.98 Å². The lowest BCUT2D eigenvalue weighted by Gasteiger charge is -2.26. The number of benzene rings is 1. The molecule has 0 spiro atoms. The van der Waals surface area contributed by atoms with Gasteiger partial charge in [0, 0.05) is 24.8 Å². The van der Waals surface area contributed by atoms with Crippen molar-refractivity contribution in [2.45, 2.75) is 4.90 Å². The summed E-state index contributed by atoms with van der Waals surface area (Å²) < 4.78 is 37.1. The first kappa shape index (κ1) is 16.8. The fourth-order valence-corrected chi connectivity index (χ4v) is 4.05. The van der Waals surface area contributed by atoms with Crippen LogP contribution in [0.15, 0.2) is 58.1 Å². The van der Waals surface area contributed by atoms with Crippen molar-refractivity contribution in [3.63, 3.8) is 0 Å². The van der Waals surface area contributed by atoms with E-state index in [1.807, 2.05) is 6.07 Å².